The number of nitrogens with zero attached hydrogens (tertiary/aromatic N) is 1. The van der Waals surface area contributed by atoms with Gasteiger partial charge in [0.05, 0.1) is 12.6 Å². The molecule has 0 aliphatic heterocycles. The second-order valence-electron chi connectivity index (χ2n) is 6.67. The Bertz CT molecular complexity index is 632. The van der Waals surface area contributed by atoms with Crippen molar-refractivity contribution in [3.8, 4) is 0 Å². The third-order valence-electron chi connectivity index (χ3n) is 3.42. The van der Waals surface area contributed by atoms with Crippen molar-refractivity contribution < 1.29 is 27.8 Å². The zero-order valence-electron chi connectivity index (χ0n) is 15.8. The number of ether oxygens (including phenoxy) is 2. The van der Waals surface area contributed by atoms with Gasteiger partial charge in [0.2, 0.25) is 0 Å². The molecule has 1 aromatic rings. The Morgan fingerprint density at radius 1 is 1.23 bits per heavy atom. The van der Waals surface area contributed by atoms with E-state index in [1.165, 1.54) is 11.0 Å². The number of alkyl carbamates (subject to hydrolysis) is 1. The summed E-state index contributed by atoms with van der Waals surface area (Å²) in [6.07, 6.45) is -1.22. The Morgan fingerprint density at radius 3 is 2.42 bits per heavy atom. The zero-order valence-corrected chi connectivity index (χ0v) is 15.8. The second-order valence-corrected chi connectivity index (χ2v) is 6.67. The van der Waals surface area contributed by atoms with Crippen molar-refractivity contribution in [2.24, 2.45) is 0 Å². The number of benzene rings is 1. The van der Waals surface area contributed by atoms with Gasteiger partial charge in [-0.15, -0.1) is 0 Å². The molecule has 0 saturated carbocycles. The predicted molar refractivity (Wildman–Crippen MR) is 92.7 cm³/mol. The van der Waals surface area contributed by atoms with E-state index in [0.717, 1.165) is 12.1 Å². The van der Waals surface area contributed by atoms with Crippen molar-refractivity contribution in [2.45, 2.75) is 46.3 Å². The van der Waals surface area contributed by atoms with E-state index < -0.39 is 35.5 Å². The molecule has 0 unspecified atom stereocenters. The summed E-state index contributed by atoms with van der Waals surface area (Å²) in [6, 6.07) is 2.86. The van der Waals surface area contributed by atoms with Gasteiger partial charge in [0.15, 0.2) is 11.6 Å². The molecule has 8 heteroatoms. The van der Waals surface area contributed by atoms with Gasteiger partial charge in [-0.05, 0) is 52.3 Å². The number of amides is 2. The van der Waals surface area contributed by atoms with Gasteiger partial charge in [-0.3, -0.25) is 4.90 Å². The van der Waals surface area contributed by atoms with Crippen molar-refractivity contribution in [1.29, 1.82) is 0 Å². The smallest absolute Gasteiger partial charge is 0.410 e. The quantitative estimate of drug-likeness (QED) is 0.819. The van der Waals surface area contributed by atoms with Crippen LogP contribution in [0.5, 0.6) is 0 Å². The van der Waals surface area contributed by atoms with Gasteiger partial charge in [-0.25, -0.2) is 18.4 Å². The number of nitrogens with one attached hydrogen (secondary N) is 1. The van der Waals surface area contributed by atoms with Crippen LogP contribution >= 0.6 is 0 Å². The lowest BCUT2D eigenvalue weighted by atomic mass is 10.1. The van der Waals surface area contributed by atoms with Crippen molar-refractivity contribution >= 4 is 12.2 Å². The molecule has 0 radical (unpaired) electrons. The monoisotopic (exact) mass is 372 g/mol. The molecule has 146 valence electrons. The van der Waals surface area contributed by atoms with Crippen LogP contribution in [0.15, 0.2) is 18.2 Å². The van der Waals surface area contributed by atoms with Crippen LogP contribution in [0.4, 0.5) is 18.4 Å². The van der Waals surface area contributed by atoms with Gasteiger partial charge in [-0.1, -0.05) is 6.07 Å². The first-order valence-corrected chi connectivity index (χ1v) is 8.40. The SMILES string of the molecule is CCOC(=O)N(CCNC(=O)OC(C)(C)C)[C@H](C)c1ccc(F)c(F)c1. The van der Waals surface area contributed by atoms with Gasteiger partial charge in [0, 0.05) is 13.1 Å². The Morgan fingerprint density at radius 2 is 1.88 bits per heavy atom. The molecule has 6 nitrogen and oxygen atoms in total. The summed E-state index contributed by atoms with van der Waals surface area (Å²) in [5, 5.41) is 2.55. The van der Waals surface area contributed by atoms with Gasteiger partial charge >= 0.3 is 12.2 Å². The minimum atomic E-state index is -0.995. The average Bonchev–Trinajstić information content (AvgIpc) is 2.52. The Hall–Kier alpha value is -2.38. The van der Waals surface area contributed by atoms with Crippen LogP contribution < -0.4 is 5.32 Å². The molecule has 26 heavy (non-hydrogen) atoms. The molecule has 0 aliphatic rings. The molecule has 0 fully saturated rings. The zero-order chi connectivity index (χ0) is 19.9. The van der Waals surface area contributed by atoms with Crippen LogP contribution in [0.1, 0.15) is 46.2 Å². The fourth-order valence-electron chi connectivity index (χ4n) is 2.19. The third kappa shape index (κ3) is 6.85. The summed E-state index contributed by atoms with van der Waals surface area (Å²) in [6.45, 7) is 8.93. The molecular formula is C18H26F2N2O4. The topological polar surface area (TPSA) is 67.9 Å². The lowest BCUT2D eigenvalue weighted by Crippen LogP contribution is -2.41. The second kappa shape index (κ2) is 9.35. The van der Waals surface area contributed by atoms with Gasteiger partial charge in [-0.2, -0.15) is 0 Å². The van der Waals surface area contributed by atoms with Gasteiger partial charge < -0.3 is 14.8 Å². The van der Waals surface area contributed by atoms with Crippen LogP contribution in [0.2, 0.25) is 0 Å². The molecule has 0 aliphatic carbocycles. The Labute approximate surface area is 152 Å². The fraction of sp³-hybridized carbons (Fsp3) is 0.556. The summed E-state index contributed by atoms with van der Waals surface area (Å²) in [7, 11) is 0. The van der Waals surface area contributed by atoms with Crippen LogP contribution in [0, 0.1) is 11.6 Å². The van der Waals surface area contributed by atoms with E-state index in [9.17, 15) is 18.4 Å². The van der Waals surface area contributed by atoms with E-state index >= 15 is 0 Å². The van der Waals surface area contributed by atoms with Crippen molar-refractivity contribution in [2.75, 3.05) is 19.7 Å². The minimum absolute atomic E-state index is 0.109. The highest BCUT2D eigenvalue weighted by Crippen LogP contribution is 2.22. The Balaban J connectivity index is 2.79. The molecule has 2 amide bonds. The maximum absolute atomic E-state index is 13.5. The average molecular weight is 372 g/mol. The van der Waals surface area contributed by atoms with Gasteiger partial charge in [0.25, 0.3) is 0 Å². The highest BCUT2D eigenvalue weighted by Gasteiger charge is 2.24. The summed E-state index contributed by atoms with van der Waals surface area (Å²) in [5.74, 6) is -1.96. The molecular weight excluding hydrogens is 346 g/mol. The van der Waals surface area contributed by atoms with Crippen LogP contribution in [-0.2, 0) is 9.47 Å². The molecule has 0 heterocycles. The molecule has 1 N–H and O–H groups in total. The highest BCUT2D eigenvalue weighted by atomic mass is 19.2. The summed E-state index contributed by atoms with van der Waals surface area (Å²) >= 11 is 0. The highest BCUT2D eigenvalue weighted by molar-refractivity contribution is 5.69. The first-order valence-electron chi connectivity index (χ1n) is 8.40. The van der Waals surface area contributed by atoms with Gasteiger partial charge in [0.1, 0.15) is 5.60 Å². The van der Waals surface area contributed by atoms with Crippen LogP contribution in [-0.4, -0.2) is 42.4 Å². The van der Waals surface area contributed by atoms with E-state index in [2.05, 4.69) is 5.32 Å². The van der Waals surface area contributed by atoms with Crippen LogP contribution in [0.25, 0.3) is 0 Å². The number of halogens is 2. The summed E-state index contributed by atoms with van der Waals surface area (Å²) < 4.78 is 36.8. The predicted octanol–water partition coefficient (Wildman–Crippen LogP) is 4.01. The van der Waals surface area contributed by atoms with Crippen molar-refractivity contribution in [3.63, 3.8) is 0 Å². The van der Waals surface area contributed by atoms with E-state index in [0.29, 0.717) is 5.56 Å². The Kier molecular flexibility index (Phi) is 7.79. The largest absolute Gasteiger partial charge is 0.450 e. The molecule has 0 aromatic heterocycles. The first kappa shape index (κ1) is 21.7. The molecule has 0 bridgehead atoms. The normalized spacial score (nSPS) is 12.3. The molecule has 1 aromatic carbocycles. The lowest BCUT2D eigenvalue weighted by molar-refractivity contribution is 0.0510. The number of hydrogen-bond acceptors (Lipinski definition) is 4. The molecule has 0 saturated heterocycles. The number of hydrogen-bond donors (Lipinski definition) is 1. The summed E-state index contributed by atoms with van der Waals surface area (Å²) in [5.41, 5.74) is -0.224. The van der Waals surface area contributed by atoms with E-state index in [1.807, 2.05) is 0 Å². The first-order chi connectivity index (χ1) is 12.0. The molecule has 1 rings (SSSR count). The number of carbonyl (C=O) groups is 2. The lowest BCUT2D eigenvalue weighted by Gasteiger charge is -2.29. The minimum Gasteiger partial charge on any atom is -0.450 e. The van der Waals surface area contributed by atoms with Crippen LogP contribution in [0.3, 0.4) is 0 Å². The fourth-order valence-corrected chi connectivity index (χ4v) is 2.19. The van der Waals surface area contributed by atoms with E-state index in [1.54, 1.807) is 34.6 Å². The van der Waals surface area contributed by atoms with E-state index in [4.69, 9.17) is 9.47 Å². The van der Waals surface area contributed by atoms with Crippen molar-refractivity contribution in [3.05, 3.63) is 35.4 Å². The maximum Gasteiger partial charge on any atom is 0.410 e. The number of carbonyl (C=O) groups excluding carboxylic acids is 2. The summed E-state index contributed by atoms with van der Waals surface area (Å²) in [4.78, 5) is 25.2. The van der Waals surface area contributed by atoms with E-state index in [-0.39, 0.29) is 19.7 Å². The number of rotatable bonds is 6. The standard InChI is InChI=1S/C18H26F2N2O4/c1-6-25-17(24)22(10-9-21-16(23)26-18(3,4)5)12(2)13-7-8-14(19)15(20)11-13/h7-8,11-12H,6,9-10H2,1-5H3,(H,21,23)/t12-/m1/s1. The molecule has 0 spiro atoms. The third-order valence-corrected chi connectivity index (χ3v) is 3.42. The van der Waals surface area contributed by atoms with Crippen molar-refractivity contribution in [1.82, 2.24) is 10.2 Å². The molecule has 1 atom stereocenters. The maximum atomic E-state index is 13.5.